The van der Waals surface area contributed by atoms with Gasteiger partial charge in [0.15, 0.2) is 0 Å². The molecule has 3 aromatic rings. The Bertz CT molecular complexity index is 1070. The minimum absolute atomic E-state index is 0.0831. The molecule has 2 aromatic heterocycles. The molecular formula is C19H19ClN6O2S. The Kier molecular flexibility index (Phi) is 5.50. The van der Waals surface area contributed by atoms with Gasteiger partial charge >= 0.3 is 0 Å². The normalized spacial score (nSPS) is 14.7. The number of piperazine rings is 1. The summed E-state index contributed by atoms with van der Waals surface area (Å²) in [6.45, 7) is 3.13. The van der Waals surface area contributed by atoms with Gasteiger partial charge in [-0.1, -0.05) is 23.7 Å². The van der Waals surface area contributed by atoms with Crippen molar-refractivity contribution in [1.82, 2.24) is 15.0 Å². The quantitative estimate of drug-likeness (QED) is 0.665. The fourth-order valence-corrected chi connectivity index (χ4v) is 4.39. The number of hydrogen-bond donors (Lipinski definition) is 1. The maximum atomic E-state index is 12.5. The van der Waals surface area contributed by atoms with Gasteiger partial charge in [0.25, 0.3) is 10.0 Å². The predicted molar refractivity (Wildman–Crippen MR) is 113 cm³/mol. The van der Waals surface area contributed by atoms with Gasteiger partial charge in [-0.05, 0) is 30.3 Å². The van der Waals surface area contributed by atoms with Gasteiger partial charge in [-0.15, -0.1) is 0 Å². The molecule has 10 heteroatoms. The average Bonchev–Trinajstić information content (AvgIpc) is 2.75. The third-order valence-corrected chi connectivity index (χ3v) is 6.15. The van der Waals surface area contributed by atoms with Crippen LogP contribution in [0.5, 0.6) is 0 Å². The Morgan fingerprint density at radius 3 is 2.28 bits per heavy atom. The standard InChI is InChI=1S/C19H19ClN6O2S/c20-15-4-3-5-17(12-15)29(27,28)24-16-13-22-19(23-14-16)26-10-8-25(9-11-26)18-6-1-2-7-21-18/h1-7,12-14,24H,8-11H2. The summed E-state index contributed by atoms with van der Waals surface area (Å²) in [5, 5.41) is 0.351. The first kappa shape index (κ1) is 19.4. The van der Waals surface area contributed by atoms with Crippen molar-refractivity contribution >= 4 is 39.1 Å². The lowest BCUT2D eigenvalue weighted by Crippen LogP contribution is -2.47. The lowest BCUT2D eigenvalue weighted by molar-refractivity contribution is 0.601. The zero-order chi connectivity index (χ0) is 20.3. The number of nitrogens with zero attached hydrogens (tertiary/aromatic N) is 5. The Morgan fingerprint density at radius 1 is 0.897 bits per heavy atom. The Balaban J connectivity index is 1.40. The maximum absolute atomic E-state index is 12.5. The lowest BCUT2D eigenvalue weighted by Gasteiger charge is -2.35. The van der Waals surface area contributed by atoms with Crippen LogP contribution in [0.4, 0.5) is 17.5 Å². The van der Waals surface area contributed by atoms with Gasteiger partial charge in [-0.3, -0.25) is 4.72 Å². The number of pyridine rings is 1. The lowest BCUT2D eigenvalue weighted by atomic mass is 10.3. The Labute approximate surface area is 174 Å². The summed E-state index contributed by atoms with van der Waals surface area (Å²) in [5.41, 5.74) is 0.292. The highest BCUT2D eigenvalue weighted by atomic mass is 35.5. The first-order valence-electron chi connectivity index (χ1n) is 9.03. The van der Waals surface area contributed by atoms with Gasteiger partial charge in [0.1, 0.15) is 5.82 Å². The third-order valence-electron chi connectivity index (χ3n) is 4.53. The average molecular weight is 431 g/mol. The number of benzene rings is 1. The molecular weight excluding hydrogens is 412 g/mol. The van der Waals surface area contributed by atoms with Gasteiger partial charge in [0.2, 0.25) is 5.95 Å². The highest BCUT2D eigenvalue weighted by Crippen LogP contribution is 2.20. The van der Waals surface area contributed by atoms with Crippen molar-refractivity contribution in [3.8, 4) is 0 Å². The smallest absolute Gasteiger partial charge is 0.262 e. The molecule has 1 aliphatic heterocycles. The fourth-order valence-electron chi connectivity index (χ4n) is 3.06. The second kappa shape index (κ2) is 8.22. The number of sulfonamides is 1. The number of nitrogens with one attached hydrogen (secondary N) is 1. The predicted octanol–water partition coefficient (Wildman–Crippen LogP) is 2.65. The van der Waals surface area contributed by atoms with Crippen LogP contribution in [0.2, 0.25) is 5.02 Å². The van der Waals surface area contributed by atoms with Crippen molar-refractivity contribution in [2.75, 3.05) is 40.7 Å². The molecule has 3 heterocycles. The molecule has 0 bridgehead atoms. The molecule has 1 aliphatic rings. The molecule has 4 rings (SSSR count). The molecule has 0 atom stereocenters. The van der Waals surface area contributed by atoms with Gasteiger partial charge in [0.05, 0.1) is 23.0 Å². The second-order valence-corrected chi connectivity index (χ2v) is 8.62. The molecule has 8 nitrogen and oxygen atoms in total. The minimum Gasteiger partial charge on any atom is -0.353 e. The topological polar surface area (TPSA) is 91.3 Å². The van der Waals surface area contributed by atoms with E-state index in [1.165, 1.54) is 24.5 Å². The van der Waals surface area contributed by atoms with Crippen LogP contribution in [0.1, 0.15) is 0 Å². The number of anilines is 3. The molecule has 0 spiro atoms. The van der Waals surface area contributed by atoms with E-state index in [-0.39, 0.29) is 4.90 Å². The van der Waals surface area contributed by atoms with Gasteiger partial charge < -0.3 is 9.80 Å². The summed E-state index contributed by atoms with van der Waals surface area (Å²) in [7, 11) is -3.75. The largest absolute Gasteiger partial charge is 0.353 e. The van der Waals surface area contributed by atoms with Crippen molar-refractivity contribution in [2.45, 2.75) is 4.90 Å². The first-order chi connectivity index (χ1) is 14.0. The third kappa shape index (κ3) is 4.57. The second-order valence-electron chi connectivity index (χ2n) is 6.50. The van der Waals surface area contributed by atoms with Gasteiger partial charge in [-0.25, -0.2) is 23.4 Å². The highest BCUT2D eigenvalue weighted by Gasteiger charge is 2.20. The van der Waals surface area contributed by atoms with Crippen LogP contribution in [0, 0.1) is 0 Å². The fraction of sp³-hybridized carbons (Fsp3) is 0.211. The summed E-state index contributed by atoms with van der Waals surface area (Å²) in [4.78, 5) is 17.4. The summed E-state index contributed by atoms with van der Waals surface area (Å²) >= 11 is 5.88. The molecule has 0 radical (unpaired) electrons. The van der Waals surface area contributed by atoms with E-state index in [1.54, 1.807) is 18.3 Å². The van der Waals surface area contributed by atoms with Crippen LogP contribution in [0.3, 0.4) is 0 Å². The van der Waals surface area contributed by atoms with E-state index in [9.17, 15) is 8.42 Å². The van der Waals surface area contributed by atoms with Crippen LogP contribution in [-0.2, 0) is 10.0 Å². The maximum Gasteiger partial charge on any atom is 0.262 e. The van der Waals surface area contributed by atoms with E-state index in [1.807, 2.05) is 18.2 Å². The van der Waals surface area contributed by atoms with Crippen LogP contribution >= 0.6 is 11.6 Å². The molecule has 1 saturated heterocycles. The summed E-state index contributed by atoms with van der Waals surface area (Å²) < 4.78 is 27.4. The number of rotatable bonds is 5. The molecule has 0 amide bonds. The van der Waals surface area contributed by atoms with E-state index < -0.39 is 10.0 Å². The summed E-state index contributed by atoms with van der Waals surface area (Å²) in [6, 6.07) is 11.9. The first-order valence-corrected chi connectivity index (χ1v) is 10.9. The zero-order valence-corrected chi connectivity index (χ0v) is 17.0. The van der Waals surface area contributed by atoms with Crippen LogP contribution in [0.25, 0.3) is 0 Å². The van der Waals surface area contributed by atoms with E-state index in [0.717, 1.165) is 32.0 Å². The highest BCUT2D eigenvalue weighted by molar-refractivity contribution is 7.92. The van der Waals surface area contributed by atoms with E-state index in [2.05, 4.69) is 29.5 Å². The molecule has 150 valence electrons. The van der Waals surface area contributed by atoms with E-state index in [4.69, 9.17) is 11.6 Å². The van der Waals surface area contributed by atoms with Crippen molar-refractivity contribution in [3.63, 3.8) is 0 Å². The Hall–Kier alpha value is -2.91. The molecule has 1 aromatic carbocycles. The Morgan fingerprint density at radius 2 is 1.62 bits per heavy atom. The number of aromatic nitrogens is 3. The zero-order valence-electron chi connectivity index (χ0n) is 15.4. The van der Waals surface area contributed by atoms with Gasteiger partial charge in [0, 0.05) is 37.4 Å². The van der Waals surface area contributed by atoms with Crippen LogP contribution in [0.15, 0.2) is 66.0 Å². The molecule has 1 N–H and O–H groups in total. The molecule has 0 aliphatic carbocycles. The molecule has 0 unspecified atom stereocenters. The van der Waals surface area contributed by atoms with Crippen LogP contribution < -0.4 is 14.5 Å². The van der Waals surface area contributed by atoms with E-state index in [0.29, 0.717) is 16.7 Å². The van der Waals surface area contributed by atoms with Crippen molar-refractivity contribution in [2.24, 2.45) is 0 Å². The van der Waals surface area contributed by atoms with Crippen molar-refractivity contribution < 1.29 is 8.42 Å². The van der Waals surface area contributed by atoms with Crippen molar-refractivity contribution in [1.29, 1.82) is 0 Å². The summed E-state index contributed by atoms with van der Waals surface area (Å²) in [5.74, 6) is 1.52. The minimum atomic E-state index is -3.75. The number of hydrogen-bond acceptors (Lipinski definition) is 7. The molecule has 1 fully saturated rings. The van der Waals surface area contributed by atoms with Crippen molar-refractivity contribution in [3.05, 3.63) is 66.1 Å². The molecule has 29 heavy (non-hydrogen) atoms. The van der Waals surface area contributed by atoms with E-state index >= 15 is 0 Å². The number of halogens is 1. The SMILES string of the molecule is O=S(=O)(Nc1cnc(N2CCN(c3ccccn3)CC2)nc1)c1cccc(Cl)c1. The summed E-state index contributed by atoms with van der Waals surface area (Å²) in [6.07, 6.45) is 4.72. The molecule has 0 saturated carbocycles. The van der Waals surface area contributed by atoms with Crippen LogP contribution in [-0.4, -0.2) is 49.5 Å². The van der Waals surface area contributed by atoms with Gasteiger partial charge in [-0.2, -0.15) is 0 Å². The monoisotopic (exact) mass is 430 g/mol.